The molecule has 2 heterocycles. The van der Waals surface area contributed by atoms with Gasteiger partial charge in [-0.2, -0.15) is 0 Å². The van der Waals surface area contributed by atoms with Crippen LogP contribution >= 0.6 is 0 Å². The molecule has 3 aromatic rings. The van der Waals surface area contributed by atoms with Gasteiger partial charge in [0.25, 0.3) is 0 Å². The van der Waals surface area contributed by atoms with Crippen LogP contribution in [-0.4, -0.2) is 41.4 Å². The number of fused-ring (bicyclic) bond motifs is 1. The Balaban J connectivity index is 1.41. The number of aromatic nitrogens is 1. The van der Waals surface area contributed by atoms with Crippen molar-refractivity contribution in [1.29, 1.82) is 0 Å². The van der Waals surface area contributed by atoms with Gasteiger partial charge in [-0.15, -0.1) is 0 Å². The Morgan fingerprint density at radius 2 is 1.89 bits per heavy atom. The van der Waals surface area contributed by atoms with E-state index in [2.05, 4.69) is 4.98 Å². The van der Waals surface area contributed by atoms with Crippen LogP contribution in [0.2, 0.25) is 0 Å². The van der Waals surface area contributed by atoms with E-state index in [1.54, 1.807) is 25.3 Å². The molecule has 1 unspecified atom stereocenters. The first-order chi connectivity index (χ1) is 16.7. The minimum absolute atomic E-state index is 0.00708. The molecule has 1 aliphatic heterocycles. The number of hydrogen-bond donors (Lipinski definition) is 1. The standard InChI is InChI=1S/C28H29NO5S/c1-18(24-9-5-6-14-29-24)23-16-34-26-15-19(10-11-22(26)27(23)31)20-7-3-4-8-21(20)25(30)17-35(32,33)28(2)12-13-28/h3-11,14-15,18,23,27,31H,12-13,16-17H2,1-2H3/t18-,23?,27+/m0/s1. The van der Waals surface area contributed by atoms with Crippen LogP contribution in [0.1, 0.15) is 60.3 Å². The summed E-state index contributed by atoms with van der Waals surface area (Å²) in [6.45, 7) is 4.08. The van der Waals surface area contributed by atoms with Crippen molar-refractivity contribution in [2.24, 2.45) is 5.92 Å². The van der Waals surface area contributed by atoms with Gasteiger partial charge >= 0.3 is 0 Å². The van der Waals surface area contributed by atoms with Gasteiger partial charge in [0.2, 0.25) is 0 Å². The van der Waals surface area contributed by atoms with Crippen LogP contribution in [0.25, 0.3) is 11.1 Å². The number of pyridine rings is 1. The lowest BCUT2D eigenvalue weighted by Crippen LogP contribution is -2.30. The maximum Gasteiger partial charge on any atom is 0.178 e. The number of rotatable bonds is 7. The van der Waals surface area contributed by atoms with Crippen molar-refractivity contribution < 1.29 is 23.1 Å². The van der Waals surface area contributed by atoms with Gasteiger partial charge in [-0.1, -0.05) is 49.4 Å². The molecule has 1 fully saturated rings. The van der Waals surface area contributed by atoms with Crippen LogP contribution in [-0.2, 0) is 9.84 Å². The molecule has 2 aromatic carbocycles. The molecule has 1 saturated carbocycles. The second-order valence-corrected chi connectivity index (χ2v) is 12.4. The van der Waals surface area contributed by atoms with E-state index in [-0.39, 0.29) is 11.8 Å². The largest absolute Gasteiger partial charge is 0.493 e. The number of ketones is 1. The molecule has 5 rings (SSSR count). The normalized spacial score (nSPS) is 21.5. The van der Waals surface area contributed by atoms with Crippen molar-refractivity contribution in [2.75, 3.05) is 12.4 Å². The summed E-state index contributed by atoms with van der Waals surface area (Å²) >= 11 is 0. The van der Waals surface area contributed by atoms with Gasteiger partial charge in [-0.05, 0) is 49.1 Å². The summed E-state index contributed by atoms with van der Waals surface area (Å²) in [7, 11) is -3.50. The summed E-state index contributed by atoms with van der Waals surface area (Å²) in [4.78, 5) is 17.5. The highest BCUT2D eigenvalue weighted by Gasteiger charge is 2.50. The summed E-state index contributed by atoms with van der Waals surface area (Å²) < 4.78 is 30.7. The Kier molecular flexibility index (Phi) is 6.01. The second kappa shape index (κ2) is 8.88. The Morgan fingerprint density at radius 1 is 1.14 bits per heavy atom. The molecule has 2 aliphatic rings. The number of hydrogen-bond acceptors (Lipinski definition) is 6. The zero-order valence-corrected chi connectivity index (χ0v) is 20.7. The first-order valence-corrected chi connectivity index (χ1v) is 13.6. The number of benzene rings is 2. The van der Waals surface area contributed by atoms with E-state index in [1.165, 1.54) is 0 Å². The van der Waals surface area contributed by atoms with Crippen molar-refractivity contribution in [3.05, 3.63) is 83.7 Å². The molecule has 7 heteroatoms. The van der Waals surface area contributed by atoms with Gasteiger partial charge in [-0.3, -0.25) is 9.78 Å². The SMILES string of the molecule is C[C@H](c1ccccn1)C1COc2cc(-c3ccccc3C(=O)CS(=O)(=O)C3(C)CC3)ccc2[C@H]1O. The van der Waals surface area contributed by atoms with E-state index in [4.69, 9.17) is 4.74 Å². The Hall–Kier alpha value is -3.03. The third kappa shape index (κ3) is 4.39. The molecule has 0 spiro atoms. The Labute approximate surface area is 205 Å². The summed E-state index contributed by atoms with van der Waals surface area (Å²) in [5, 5.41) is 11.1. The topological polar surface area (TPSA) is 93.6 Å². The van der Waals surface area contributed by atoms with Crippen LogP contribution in [0.5, 0.6) is 5.75 Å². The van der Waals surface area contributed by atoms with E-state index < -0.39 is 32.2 Å². The molecule has 182 valence electrons. The molecule has 1 aliphatic carbocycles. The number of aliphatic hydroxyl groups is 1. The molecular weight excluding hydrogens is 462 g/mol. The summed E-state index contributed by atoms with van der Waals surface area (Å²) in [6, 6.07) is 18.3. The van der Waals surface area contributed by atoms with Gasteiger partial charge < -0.3 is 9.84 Å². The number of aliphatic hydroxyl groups excluding tert-OH is 1. The van der Waals surface area contributed by atoms with Crippen molar-refractivity contribution in [2.45, 2.75) is 43.5 Å². The first-order valence-electron chi connectivity index (χ1n) is 11.9. The number of nitrogens with zero attached hydrogens (tertiary/aromatic N) is 1. The van der Waals surface area contributed by atoms with Crippen LogP contribution < -0.4 is 4.74 Å². The van der Waals surface area contributed by atoms with Crippen LogP contribution in [0.15, 0.2) is 66.9 Å². The lowest BCUT2D eigenvalue weighted by atomic mass is 9.81. The fourth-order valence-electron chi connectivity index (χ4n) is 4.75. The van der Waals surface area contributed by atoms with E-state index >= 15 is 0 Å². The average molecular weight is 492 g/mol. The van der Waals surface area contributed by atoms with Crippen molar-refractivity contribution in [3.63, 3.8) is 0 Å². The first kappa shape index (κ1) is 23.7. The molecular formula is C28H29NO5S. The average Bonchev–Trinajstić information content (AvgIpc) is 3.63. The summed E-state index contributed by atoms with van der Waals surface area (Å²) in [5.74, 6) is -0.469. The van der Waals surface area contributed by atoms with Gasteiger partial charge in [0, 0.05) is 34.9 Å². The number of ether oxygens (including phenoxy) is 1. The third-order valence-corrected chi connectivity index (χ3v) is 10.1. The fourth-order valence-corrected chi connectivity index (χ4v) is 6.32. The minimum Gasteiger partial charge on any atom is -0.493 e. The highest BCUT2D eigenvalue weighted by molar-refractivity contribution is 7.93. The van der Waals surface area contributed by atoms with E-state index in [9.17, 15) is 18.3 Å². The number of sulfone groups is 1. The lowest BCUT2D eigenvalue weighted by molar-refractivity contribution is 0.0379. The third-order valence-electron chi connectivity index (χ3n) is 7.53. The second-order valence-electron chi connectivity index (χ2n) is 9.89. The fraction of sp³-hybridized carbons (Fsp3) is 0.357. The van der Waals surface area contributed by atoms with Gasteiger partial charge in [-0.25, -0.2) is 8.42 Å². The molecule has 3 atom stereocenters. The molecule has 6 nitrogen and oxygen atoms in total. The lowest BCUT2D eigenvalue weighted by Gasteiger charge is -2.34. The summed E-state index contributed by atoms with van der Waals surface area (Å²) in [5.41, 5.74) is 3.37. The van der Waals surface area contributed by atoms with Gasteiger partial charge in [0.1, 0.15) is 11.5 Å². The Morgan fingerprint density at radius 3 is 2.60 bits per heavy atom. The van der Waals surface area contributed by atoms with Crippen molar-refractivity contribution in [3.8, 4) is 16.9 Å². The highest BCUT2D eigenvalue weighted by atomic mass is 32.2. The number of Topliss-reactive ketones (excluding diaryl/α,β-unsaturated/α-hetero) is 1. The predicted molar refractivity (Wildman–Crippen MR) is 134 cm³/mol. The number of carbonyl (C=O) groups excluding carboxylic acids is 1. The minimum atomic E-state index is -3.50. The van der Waals surface area contributed by atoms with Gasteiger partial charge in [0.05, 0.1) is 17.5 Å². The summed E-state index contributed by atoms with van der Waals surface area (Å²) in [6.07, 6.45) is 2.24. The molecule has 1 N–H and O–H groups in total. The molecule has 35 heavy (non-hydrogen) atoms. The highest BCUT2D eigenvalue weighted by Crippen LogP contribution is 2.45. The van der Waals surface area contributed by atoms with Crippen LogP contribution in [0.4, 0.5) is 0 Å². The van der Waals surface area contributed by atoms with E-state index in [0.717, 1.165) is 11.3 Å². The van der Waals surface area contributed by atoms with Crippen LogP contribution in [0, 0.1) is 5.92 Å². The zero-order chi connectivity index (χ0) is 24.8. The van der Waals surface area contributed by atoms with Crippen molar-refractivity contribution in [1.82, 2.24) is 4.98 Å². The van der Waals surface area contributed by atoms with E-state index in [1.807, 2.05) is 55.5 Å². The maximum atomic E-state index is 13.1. The molecule has 0 bridgehead atoms. The Bertz CT molecular complexity index is 1370. The molecule has 0 saturated heterocycles. The maximum absolute atomic E-state index is 13.1. The number of carbonyl (C=O) groups is 1. The molecule has 0 radical (unpaired) electrons. The van der Waals surface area contributed by atoms with Crippen LogP contribution in [0.3, 0.4) is 0 Å². The smallest absolute Gasteiger partial charge is 0.178 e. The van der Waals surface area contributed by atoms with Gasteiger partial charge in [0.15, 0.2) is 15.6 Å². The monoisotopic (exact) mass is 491 g/mol. The predicted octanol–water partition coefficient (Wildman–Crippen LogP) is 4.74. The molecule has 0 amide bonds. The quantitative estimate of drug-likeness (QED) is 0.480. The zero-order valence-electron chi connectivity index (χ0n) is 19.8. The van der Waals surface area contributed by atoms with E-state index in [0.29, 0.717) is 41.9 Å². The molecule has 1 aromatic heterocycles. The van der Waals surface area contributed by atoms with Crippen molar-refractivity contribution >= 4 is 15.6 Å².